The van der Waals surface area contributed by atoms with E-state index in [1.165, 1.54) is 12.1 Å². The Morgan fingerprint density at radius 1 is 1.12 bits per heavy atom. The fraction of sp³-hybridized carbons (Fsp3) is 0.0800. The van der Waals surface area contributed by atoms with Gasteiger partial charge in [-0.3, -0.25) is 4.79 Å². The van der Waals surface area contributed by atoms with Crippen LogP contribution in [0.2, 0.25) is 0 Å². The number of nitrogens with zero attached hydrogens (tertiary/aromatic N) is 3. The molecular weight excluding hydrogens is 423 g/mol. The minimum atomic E-state index is -0.349. The first-order valence-electron chi connectivity index (χ1n) is 10.3. The molecule has 0 unspecified atom stereocenters. The number of benzene rings is 2. The smallest absolute Gasteiger partial charge is 0.251 e. The average molecular weight is 442 g/mol. The molecule has 2 aromatic carbocycles. The Balaban J connectivity index is 1.36. The van der Waals surface area contributed by atoms with Crippen LogP contribution >= 0.6 is 0 Å². The molecule has 1 N–H and O–H groups in total. The molecule has 3 aromatic heterocycles. The lowest BCUT2D eigenvalue weighted by Crippen LogP contribution is -2.22. The van der Waals surface area contributed by atoms with Gasteiger partial charge in [-0.25, -0.2) is 9.37 Å². The molecular formula is C25H19FN4O3. The van der Waals surface area contributed by atoms with Crippen LogP contribution in [0.25, 0.3) is 28.2 Å². The molecule has 5 aromatic rings. The number of imidazole rings is 1. The van der Waals surface area contributed by atoms with Crippen molar-refractivity contribution in [2.75, 3.05) is 0 Å². The molecule has 0 radical (unpaired) electrons. The zero-order valence-electron chi connectivity index (χ0n) is 17.7. The molecule has 0 spiro atoms. The van der Waals surface area contributed by atoms with Gasteiger partial charge in [-0.2, -0.15) is 0 Å². The molecule has 0 fully saturated rings. The number of halogens is 1. The molecule has 8 heteroatoms. The summed E-state index contributed by atoms with van der Waals surface area (Å²) in [5, 5.41) is 6.93. The second-order valence-electron chi connectivity index (χ2n) is 7.45. The lowest BCUT2D eigenvalue weighted by molar-refractivity contribution is 0.0948. The third-order valence-corrected chi connectivity index (χ3v) is 5.23. The lowest BCUT2D eigenvalue weighted by atomic mass is 10.0. The van der Waals surface area contributed by atoms with Crippen LogP contribution in [0.5, 0.6) is 0 Å². The molecule has 0 aliphatic heterocycles. The highest BCUT2D eigenvalue weighted by molar-refractivity contribution is 5.94. The zero-order valence-corrected chi connectivity index (χ0v) is 17.7. The predicted molar refractivity (Wildman–Crippen MR) is 119 cm³/mol. The quantitative estimate of drug-likeness (QED) is 0.392. The molecule has 0 bridgehead atoms. The number of nitrogens with one attached hydrogen (secondary N) is 1. The minimum absolute atomic E-state index is 0.191. The van der Waals surface area contributed by atoms with Gasteiger partial charge in [0.05, 0.1) is 30.4 Å². The van der Waals surface area contributed by atoms with Gasteiger partial charge in [-0.1, -0.05) is 17.3 Å². The Bertz CT molecular complexity index is 1400. The molecule has 0 aliphatic rings. The summed E-state index contributed by atoms with van der Waals surface area (Å²) >= 11 is 0. The highest BCUT2D eigenvalue weighted by atomic mass is 19.1. The van der Waals surface area contributed by atoms with E-state index >= 15 is 0 Å². The number of aromatic nitrogens is 3. The van der Waals surface area contributed by atoms with Crippen molar-refractivity contribution in [2.24, 2.45) is 0 Å². The van der Waals surface area contributed by atoms with Gasteiger partial charge < -0.3 is 18.8 Å². The second-order valence-corrected chi connectivity index (χ2v) is 7.45. The van der Waals surface area contributed by atoms with Gasteiger partial charge in [0.15, 0.2) is 0 Å². The number of amides is 1. The van der Waals surface area contributed by atoms with E-state index in [4.69, 9.17) is 8.94 Å². The first-order chi connectivity index (χ1) is 16.1. The van der Waals surface area contributed by atoms with Crippen molar-refractivity contribution >= 4 is 5.91 Å². The van der Waals surface area contributed by atoms with Gasteiger partial charge in [-0.05, 0) is 55.5 Å². The van der Waals surface area contributed by atoms with E-state index < -0.39 is 0 Å². The summed E-state index contributed by atoms with van der Waals surface area (Å²) in [5.74, 6) is 0.734. The summed E-state index contributed by atoms with van der Waals surface area (Å²) in [5.41, 5.74) is 3.86. The van der Waals surface area contributed by atoms with E-state index in [0.717, 1.165) is 5.69 Å². The topological polar surface area (TPSA) is 86.1 Å². The van der Waals surface area contributed by atoms with Crippen LogP contribution in [0.3, 0.4) is 0 Å². The maximum Gasteiger partial charge on any atom is 0.251 e. The molecule has 0 saturated heterocycles. The van der Waals surface area contributed by atoms with Crippen LogP contribution in [-0.2, 0) is 6.54 Å². The minimum Gasteiger partial charge on any atom is -0.467 e. The Kier molecular flexibility index (Phi) is 5.32. The molecule has 0 atom stereocenters. The molecule has 5 rings (SSSR count). The monoisotopic (exact) mass is 442 g/mol. The van der Waals surface area contributed by atoms with Crippen molar-refractivity contribution < 1.29 is 18.1 Å². The van der Waals surface area contributed by atoms with E-state index in [2.05, 4.69) is 15.5 Å². The van der Waals surface area contributed by atoms with Crippen molar-refractivity contribution in [3.8, 4) is 28.2 Å². The van der Waals surface area contributed by atoms with E-state index in [0.29, 0.717) is 46.1 Å². The molecule has 0 saturated carbocycles. The molecule has 1 amide bonds. The third-order valence-electron chi connectivity index (χ3n) is 5.23. The van der Waals surface area contributed by atoms with Crippen molar-refractivity contribution in [1.82, 2.24) is 20.0 Å². The summed E-state index contributed by atoms with van der Waals surface area (Å²) in [6, 6.07) is 16.9. The number of hydrogen-bond donors (Lipinski definition) is 1. The molecule has 33 heavy (non-hydrogen) atoms. The highest BCUT2D eigenvalue weighted by Gasteiger charge is 2.19. The Labute approximate surface area is 188 Å². The lowest BCUT2D eigenvalue weighted by Gasteiger charge is -2.06. The van der Waals surface area contributed by atoms with E-state index in [1.807, 2.05) is 22.9 Å². The van der Waals surface area contributed by atoms with Crippen molar-refractivity contribution in [1.29, 1.82) is 0 Å². The van der Waals surface area contributed by atoms with Gasteiger partial charge >= 0.3 is 0 Å². The fourth-order valence-corrected chi connectivity index (χ4v) is 3.57. The van der Waals surface area contributed by atoms with Gasteiger partial charge in [0.1, 0.15) is 23.0 Å². The summed E-state index contributed by atoms with van der Waals surface area (Å²) in [7, 11) is 0. The number of carbonyl (C=O) groups excluding carboxylic acids is 1. The normalized spacial score (nSPS) is 11.0. The first-order valence-corrected chi connectivity index (χ1v) is 10.3. The van der Waals surface area contributed by atoms with Crippen molar-refractivity contribution in [3.63, 3.8) is 0 Å². The van der Waals surface area contributed by atoms with Gasteiger partial charge in [0, 0.05) is 23.0 Å². The van der Waals surface area contributed by atoms with Crippen LogP contribution in [0.15, 0.2) is 88.4 Å². The fourth-order valence-electron chi connectivity index (χ4n) is 3.57. The van der Waals surface area contributed by atoms with Crippen LogP contribution < -0.4 is 5.32 Å². The summed E-state index contributed by atoms with van der Waals surface area (Å²) in [6.45, 7) is 2.12. The second kappa shape index (κ2) is 8.58. The van der Waals surface area contributed by atoms with Crippen LogP contribution in [-0.4, -0.2) is 20.6 Å². The highest BCUT2D eigenvalue weighted by Crippen LogP contribution is 2.33. The summed E-state index contributed by atoms with van der Waals surface area (Å²) in [6.07, 6.45) is 5.08. The number of carbonyl (C=O) groups is 1. The van der Waals surface area contributed by atoms with Crippen molar-refractivity contribution in [3.05, 3.63) is 102 Å². The maximum absolute atomic E-state index is 13.7. The summed E-state index contributed by atoms with van der Waals surface area (Å²) in [4.78, 5) is 16.9. The SMILES string of the molecule is Cc1onc(-c2cccc(F)c2)c1-c1cn(-c2ccc(C(=O)NCc3ccco3)cc2)cn1. The largest absolute Gasteiger partial charge is 0.467 e. The molecule has 0 aliphatic carbocycles. The average Bonchev–Trinajstić information content (AvgIpc) is 3.58. The number of aryl methyl sites for hydroxylation is 1. The van der Waals surface area contributed by atoms with E-state index in [9.17, 15) is 9.18 Å². The number of hydrogen-bond acceptors (Lipinski definition) is 5. The van der Waals surface area contributed by atoms with Crippen molar-refractivity contribution in [2.45, 2.75) is 13.5 Å². The van der Waals surface area contributed by atoms with E-state index in [1.54, 1.807) is 55.9 Å². The molecule has 3 heterocycles. The summed E-state index contributed by atoms with van der Waals surface area (Å²) < 4.78 is 26.2. The molecule has 164 valence electrons. The Hall–Kier alpha value is -4.46. The number of rotatable bonds is 6. The third kappa shape index (κ3) is 4.18. The maximum atomic E-state index is 13.7. The van der Waals surface area contributed by atoms with Crippen LogP contribution in [0.4, 0.5) is 4.39 Å². The Morgan fingerprint density at radius 2 is 1.97 bits per heavy atom. The number of furan rings is 1. The predicted octanol–water partition coefficient (Wildman–Crippen LogP) is 5.16. The van der Waals surface area contributed by atoms with Gasteiger partial charge in [0.2, 0.25) is 0 Å². The standard InChI is InChI=1S/C25H19FN4O3/c1-16-23(24(29-33-16)18-4-2-5-19(26)12-18)22-14-30(15-28-22)20-9-7-17(8-10-20)25(31)27-13-21-6-3-11-32-21/h2-12,14-15H,13H2,1H3,(H,27,31). The van der Waals surface area contributed by atoms with Crippen LogP contribution in [0.1, 0.15) is 21.9 Å². The first kappa shape index (κ1) is 20.4. The Morgan fingerprint density at radius 3 is 2.73 bits per heavy atom. The molecule has 7 nitrogen and oxygen atoms in total. The van der Waals surface area contributed by atoms with Crippen LogP contribution in [0, 0.1) is 12.7 Å². The van der Waals surface area contributed by atoms with Gasteiger partial charge in [0.25, 0.3) is 5.91 Å². The van der Waals surface area contributed by atoms with Gasteiger partial charge in [-0.15, -0.1) is 0 Å². The zero-order chi connectivity index (χ0) is 22.8. The van der Waals surface area contributed by atoms with E-state index in [-0.39, 0.29) is 11.7 Å².